The number of halogens is 1. The second-order valence-corrected chi connectivity index (χ2v) is 3.11. The lowest BCUT2D eigenvalue weighted by Gasteiger charge is -2.21. The van der Waals surface area contributed by atoms with Crippen LogP contribution in [0, 0.1) is 0 Å². The molecule has 0 amide bonds. The SMILES string of the molecule is COC1=CC(C=O)=C(Cl)CC1OC. The van der Waals surface area contributed by atoms with Crippen molar-refractivity contribution in [1.82, 2.24) is 0 Å². The molecule has 0 N–H and O–H groups in total. The van der Waals surface area contributed by atoms with E-state index in [2.05, 4.69) is 0 Å². The lowest BCUT2D eigenvalue weighted by atomic mass is 10.0. The van der Waals surface area contributed by atoms with Crippen LogP contribution in [-0.2, 0) is 14.3 Å². The van der Waals surface area contributed by atoms with E-state index in [1.54, 1.807) is 20.3 Å². The average Bonchev–Trinajstić information content (AvgIpc) is 2.17. The van der Waals surface area contributed by atoms with Crippen molar-refractivity contribution in [3.05, 3.63) is 22.4 Å². The number of allylic oxidation sites excluding steroid dienone is 2. The van der Waals surface area contributed by atoms with Crippen molar-refractivity contribution in [3.63, 3.8) is 0 Å². The largest absolute Gasteiger partial charge is 0.498 e. The van der Waals surface area contributed by atoms with Crippen LogP contribution in [0.5, 0.6) is 0 Å². The molecular formula is C9H11ClO3. The predicted octanol–water partition coefficient (Wildman–Crippen LogP) is 1.63. The minimum atomic E-state index is -0.179. The summed E-state index contributed by atoms with van der Waals surface area (Å²) in [6.45, 7) is 0. The Balaban J connectivity index is 2.94. The van der Waals surface area contributed by atoms with Crippen LogP contribution in [0.4, 0.5) is 0 Å². The molecule has 0 aliphatic heterocycles. The van der Waals surface area contributed by atoms with Gasteiger partial charge in [-0.2, -0.15) is 0 Å². The maximum atomic E-state index is 10.5. The van der Waals surface area contributed by atoms with Gasteiger partial charge in [-0.1, -0.05) is 11.6 Å². The molecule has 72 valence electrons. The van der Waals surface area contributed by atoms with Gasteiger partial charge in [0, 0.05) is 24.1 Å². The molecule has 4 heteroatoms. The number of methoxy groups -OCH3 is 2. The molecule has 0 heterocycles. The summed E-state index contributed by atoms with van der Waals surface area (Å²) in [7, 11) is 3.12. The van der Waals surface area contributed by atoms with Gasteiger partial charge in [-0.3, -0.25) is 4.79 Å². The molecule has 0 saturated carbocycles. The molecule has 0 radical (unpaired) electrons. The molecular weight excluding hydrogens is 192 g/mol. The Bertz CT molecular complexity index is 268. The molecule has 0 saturated heterocycles. The van der Waals surface area contributed by atoms with Crippen LogP contribution in [0.2, 0.25) is 0 Å². The average molecular weight is 203 g/mol. The second kappa shape index (κ2) is 4.44. The van der Waals surface area contributed by atoms with Gasteiger partial charge in [-0.25, -0.2) is 0 Å². The zero-order chi connectivity index (χ0) is 9.84. The van der Waals surface area contributed by atoms with Crippen molar-refractivity contribution in [2.24, 2.45) is 0 Å². The molecule has 1 unspecified atom stereocenters. The Hall–Kier alpha value is -0.800. The number of hydrogen-bond donors (Lipinski definition) is 0. The van der Waals surface area contributed by atoms with Crippen molar-refractivity contribution in [1.29, 1.82) is 0 Å². The lowest BCUT2D eigenvalue weighted by molar-refractivity contribution is -0.104. The Labute approximate surface area is 82.0 Å². The molecule has 13 heavy (non-hydrogen) atoms. The molecule has 0 spiro atoms. The van der Waals surface area contributed by atoms with E-state index >= 15 is 0 Å². The van der Waals surface area contributed by atoms with E-state index < -0.39 is 0 Å². The van der Waals surface area contributed by atoms with Crippen LogP contribution < -0.4 is 0 Å². The summed E-state index contributed by atoms with van der Waals surface area (Å²) in [5, 5.41) is 0.516. The van der Waals surface area contributed by atoms with Crippen LogP contribution in [0.3, 0.4) is 0 Å². The van der Waals surface area contributed by atoms with Crippen LogP contribution >= 0.6 is 11.6 Å². The summed E-state index contributed by atoms with van der Waals surface area (Å²) in [6, 6.07) is 0. The van der Waals surface area contributed by atoms with Gasteiger partial charge in [0.05, 0.1) is 7.11 Å². The van der Waals surface area contributed by atoms with Gasteiger partial charge < -0.3 is 9.47 Å². The number of hydrogen-bond acceptors (Lipinski definition) is 3. The third-order valence-electron chi connectivity index (χ3n) is 1.94. The lowest BCUT2D eigenvalue weighted by Crippen LogP contribution is -2.19. The molecule has 0 aromatic rings. The monoisotopic (exact) mass is 202 g/mol. The first-order valence-electron chi connectivity index (χ1n) is 3.85. The van der Waals surface area contributed by atoms with Crippen molar-refractivity contribution in [3.8, 4) is 0 Å². The number of rotatable bonds is 3. The van der Waals surface area contributed by atoms with Crippen LogP contribution in [0.15, 0.2) is 22.4 Å². The summed E-state index contributed by atoms with van der Waals surface area (Å²) >= 11 is 5.85. The third kappa shape index (κ3) is 2.11. The predicted molar refractivity (Wildman–Crippen MR) is 49.4 cm³/mol. The van der Waals surface area contributed by atoms with Gasteiger partial charge >= 0.3 is 0 Å². The van der Waals surface area contributed by atoms with Gasteiger partial charge in [-0.05, 0) is 6.08 Å². The minimum absolute atomic E-state index is 0.179. The summed E-state index contributed by atoms with van der Waals surface area (Å²) in [5.41, 5.74) is 0.465. The van der Waals surface area contributed by atoms with E-state index in [1.165, 1.54) is 0 Å². The summed E-state index contributed by atoms with van der Waals surface area (Å²) in [6.07, 6.45) is 2.63. The van der Waals surface area contributed by atoms with Crippen molar-refractivity contribution >= 4 is 17.9 Å². The topological polar surface area (TPSA) is 35.5 Å². The van der Waals surface area contributed by atoms with Crippen molar-refractivity contribution in [2.45, 2.75) is 12.5 Å². The first kappa shape index (κ1) is 10.3. The summed E-state index contributed by atoms with van der Waals surface area (Å²) in [5.74, 6) is 0.633. The second-order valence-electron chi connectivity index (χ2n) is 2.66. The van der Waals surface area contributed by atoms with Gasteiger partial charge in [0.2, 0.25) is 0 Å². The summed E-state index contributed by atoms with van der Waals surface area (Å²) in [4.78, 5) is 10.5. The number of carbonyl (C=O) groups excluding carboxylic acids is 1. The Morgan fingerprint density at radius 3 is 2.77 bits per heavy atom. The molecule has 1 rings (SSSR count). The molecule has 1 atom stereocenters. The maximum absolute atomic E-state index is 10.5. The smallest absolute Gasteiger partial charge is 0.151 e. The highest BCUT2D eigenvalue weighted by Gasteiger charge is 2.22. The third-order valence-corrected chi connectivity index (χ3v) is 2.31. The number of carbonyl (C=O) groups is 1. The molecule has 0 bridgehead atoms. The molecule has 1 aliphatic carbocycles. The fourth-order valence-electron chi connectivity index (χ4n) is 1.19. The summed E-state index contributed by atoms with van der Waals surface area (Å²) < 4.78 is 10.2. The molecule has 0 aromatic heterocycles. The van der Waals surface area contributed by atoms with Crippen LogP contribution in [0.25, 0.3) is 0 Å². The Morgan fingerprint density at radius 2 is 2.31 bits per heavy atom. The van der Waals surface area contributed by atoms with Gasteiger partial charge in [-0.15, -0.1) is 0 Å². The Morgan fingerprint density at radius 1 is 1.62 bits per heavy atom. The fraction of sp³-hybridized carbons (Fsp3) is 0.444. The molecule has 1 aliphatic rings. The molecule has 0 fully saturated rings. The van der Waals surface area contributed by atoms with Crippen LogP contribution in [0.1, 0.15) is 6.42 Å². The first-order chi connectivity index (χ1) is 6.22. The first-order valence-corrected chi connectivity index (χ1v) is 4.23. The van der Waals surface area contributed by atoms with E-state index in [9.17, 15) is 4.79 Å². The van der Waals surface area contributed by atoms with Crippen molar-refractivity contribution < 1.29 is 14.3 Å². The highest BCUT2D eigenvalue weighted by atomic mass is 35.5. The molecule has 3 nitrogen and oxygen atoms in total. The van der Waals surface area contributed by atoms with E-state index in [0.717, 1.165) is 0 Å². The van der Waals surface area contributed by atoms with E-state index in [-0.39, 0.29) is 6.10 Å². The quantitative estimate of drug-likeness (QED) is 0.653. The van der Waals surface area contributed by atoms with E-state index in [0.29, 0.717) is 29.1 Å². The highest BCUT2D eigenvalue weighted by molar-refractivity contribution is 6.31. The zero-order valence-corrected chi connectivity index (χ0v) is 8.30. The number of aldehydes is 1. The maximum Gasteiger partial charge on any atom is 0.151 e. The van der Waals surface area contributed by atoms with Crippen molar-refractivity contribution in [2.75, 3.05) is 14.2 Å². The zero-order valence-electron chi connectivity index (χ0n) is 7.54. The fourth-order valence-corrected chi connectivity index (χ4v) is 1.43. The van der Waals surface area contributed by atoms with E-state index in [1.807, 2.05) is 0 Å². The standard InChI is InChI=1S/C9H11ClO3/c1-12-8-3-6(5-11)7(10)4-9(8)13-2/h3,5,9H,4H2,1-2H3. The normalized spacial score (nSPS) is 22.7. The molecule has 0 aromatic carbocycles. The number of ether oxygens (including phenoxy) is 2. The van der Waals surface area contributed by atoms with Gasteiger partial charge in [0.15, 0.2) is 6.29 Å². The minimum Gasteiger partial charge on any atom is -0.498 e. The van der Waals surface area contributed by atoms with Gasteiger partial charge in [0.25, 0.3) is 0 Å². The van der Waals surface area contributed by atoms with Crippen LogP contribution in [-0.4, -0.2) is 26.6 Å². The van der Waals surface area contributed by atoms with Gasteiger partial charge in [0.1, 0.15) is 11.9 Å². The highest BCUT2D eigenvalue weighted by Crippen LogP contribution is 2.27. The Kier molecular flexibility index (Phi) is 3.51. The van der Waals surface area contributed by atoms with E-state index in [4.69, 9.17) is 21.1 Å².